The van der Waals surface area contributed by atoms with Crippen LogP contribution in [0.1, 0.15) is 47.8 Å². The number of anilines is 1. The van der Waals surface area contributed by atoms with Gasteiger partial charge >= 0.3 is 0 Å². The number of amides is 1. The van der Waals surface area contributed by atoms with Crippen LogP contribution >= 0.6 is 0 Å². The Morgan fingerprint density at radius 2 is 1.82 bits per heavy atom. The molecule has 2 rings (SSSR count). The number of hydrogen-bond acceptors (Lipinski definition) is 2. The molecular formula is C18H22N2O2. The van der Waals surface area contributed by atoms with E-state index in [0.29, 0.717) is 5.69 Å². The van der Waals surface area contributed by atoms with Crippen LogP contribution in [0.25, 0.3) is 0 Å². The van der Waals surface area contributed by atoms with Gasteiger partial charge in [-0.3, -0.25) is 9.59 Å². The molecule has 0 spiro atoms. The number of carbonyl (C=O) groups is 1. The first-order chi connectivity index (χ1) is 10.2. The van der Waals surface area contributed by atoms with E-state index in [4.69, 9.17) is 0 Å². The van der Waals surface area contributed by atoms with Crippen LogP contribution in [-0.4, -0.2) is 10.9 Å². The minimum Gasteiger partial charge on any atom is -0.328 e. The average molecular weight is 298 g/mol. The molecule has 1 aromatic carbocycles. The average Bonchev–Trinajstić information content (AvgIpc) is 2.42. The van der Waals surface area contributed by atoms with E-state index in [1.165, 1.54) is 11.1 Å². The zero-order valence-corrected chi connectivity index (χ0v) is 13.7. The highest BCUT2D eigenvalue weighted by Crippen LogP contribution is 2.28. The number of aromatic amines is 1. The molecule has 1 heterocycles. The van der Waals surface area contributed by atoms with Crippen LogP contribution in [0.5, 0.6) is 0 Å². The van der Waals surface area contributed by atoms with Crippen LogP contribution in [0.4, 0.5) is 5.69 Å². The molecule has 0 aliphatic heterocycles. The van der Waals surface area contributed by atoms with Gasteiger partial charge in [0, 0.05) is 11.9 Å². The molecule has 0 aliphatic carbocycles. The third-order valence-corrected chi connectivity index (χ3v) is 3.60. The van der Waals surface area contributed by atoms with Crippen molar-refractivity contribution in [2.45, 2.75) is 40.0 Å². The molecular weight excluding hydrogens is 276 g/mol. The number of hydrogen-bond donors (Lipinski definition) is 2. The van der Waals surface area contributed by atoms with Gasteiger partial charge in [-0.2, -0.15) is 0 Å². The molecule has 0 aliphatic rings. The molecule has 0 saturated carbocycles. The predicted octanol–water partition coefficient (Wildman–Crippen LogP) is 3.54. The number of aryl methyl sites for hydroxylation is 2. The number of nitrogens with one attached hydrogen (secondary N) is 2. The maximum absolute atomic E-state index is 12.3. The second kappa shape index (κ2) is 5.79. The smallest absolute Gasteiger partial charge is 0.261 e. The molecule has 116 valence electrons. The lowest BCUT2D eigenvalue weighted by molar-refractivity contribution is 0.102. The summed E-state index contributed by atoms with van der Waals surface area (Å²) >= 11 is 0. The molecule has 4 nitrogen and oxygen atoms in total. The minimum absolute atomic E-state index is 0.00831. The SMILES string of the molecule is Cc1c[nH]c(=O)c(C(=O)Nc2ccc(C)c(C(C)(C)C)c2)c1. The molecule has 0 radical (unpaired) electrons. The fourth-order valence-corrected chi connectivity index (χ4v) is 2.47. The van der Waals surface area contributed by atoms with Crippen LogP contribution in [0.2, 0.25) is 0 Å². The Hall–Kier alpha value is -2.36. The summed E-state index contributed by atoms with van der Waals surface area (Å²) in [5.41, 5.74) is 3.61. The largest absolute Gasteiger partial charge is 0.328 e. The summed E-state index contributed by atoms with van der Waals surface area (Å²) < 4.78 is 0. The number of carbonyl (C=O) groups excluding carboxylic acids is 1. The number of H-pyrrole nitrogens is 1. The summed E-state index contributed by atoms with van der Waals surface area (Å²) in [6, 6.07) is 7.40. The number of rotatable bonds is 2. The van der Waals surface area contributed by atoms with Crippen LogP contribution in [0.3, 0.4) is 0 Å². The lowest BCUT2D eigenvalue weighted by Crippen LogP contribution is -2.23. The van der Waals surface area contributed by atoms with Crippen molar-refractivity contribution in [3.8, 4) is 0 Å². The summed E-state index contributed by atoms with van der Waals surface area (Å²) in [6.45, 7) is 10.3. The van der Waals surface area contributed by atoms with E-state index in [1.807, 2.05) is 25.1 Å². The fourth-order valence-electron chi connectivity index (χ4n) is 2.47. The summed E-state index contributed by atoms with van der Waals surface area (Å²) in [6.07, 6.45) is 1.59. The molecule has 4 heteroatoms. The first-order valence-corrected chi connectivity index (χ1v) is 7.30. The van der Waals surface area contributed by atoms with E-state index in [1.54, 1.807) is 12.3 Å². The Labute approximate surface area is 130 Å². The molecule has 2 N–H and O–H groups in total. The maximum Gasteiger partial charge on any atom is 0.261 e. The lowest BCUT2D eigenvalue weighted by Gasteiger charge is -2.22. The Bertz CT molecular complexity index is 767. The Morgan fingerprint density at radius 1 is 1.14 bits per heavy atom. The molecule has 1 aromatic heterocycles. The van der Waals surface area contributed by atoms with E-state index in [9.17, 15) is 9.59 Å². The second-order valence-corrected chi connectivity index (χ2v) is 6.65. The molecule has 0 fully saturated rings. The Kier molecular flexibility index (Phi) is 4.22. The summed E-state index contributed by atoms with van der Waals surface area (Å²) in [7, 11) is 0. The van der Waals surface area contributed by atoms with E-state index in [0.717, 1.165) is 5.56 Å². The van der Waals surface area contributed by atoms with Gasteiger partial charge in [0.05, 0.1) is 0 Å². The fraction of sp³-hybridized carbons (Fsp3) is 0.333. The van der Waals surface area contributed by atoms with Crippen LogP contribution in [0.15, 0.2) is 35.3 Å². The van der Waals surface area contributed by atoms with Gasteiger partial charge in [-0.05, 0) is 54.2 Å². The van der Waals surface area contributed by atoms with Gasteiger partial charge in [-0.25, -0.2) is 0 Å². The van der Waals surface area contributed by atoms with Crippen molar-refractivity contribution in [1.29, 1.82) is 0 Å². The van der Waals surface area contributed by atoms with Gasteiger partial charge in [0.2, 0.25) is 0 Å². The predicted molar refractivity (Wildman–Crippen MR) is 89.6 cm³/mol. The maximum atomic E-state index is 12.3. The van der Waals surface area contributed by atoms with Crippen LogP contribution in [0, 0.1) is 13.8 Å². The van der Waals surface area contributed by atoms with Crippen molar-refractivity contribution < 1.29 is 4.79 Å². The number of pyridine rings is 1. The Balaban J connectivity index is 2.33. The quantitative estimate of drug-likeness (QED) is 0.890. The van der Waals surface area contributed by atoms with Gasteiger partial charge in [-0.15, -0.1) is 0 Å². The first-order valence-electron chi connectivity index (χ1n) is 7.30. The highest BCUT2D eigenvalue weighted by atomic mass is 16.2. The molecule has 1 amide bonds. The van der Waals surface area contributed by atoms with E-state index in [2.05, 4.69) is 38.0 Å². The Morgan fingerprint density at radius 3 is 2.45 bits per heavy atom. The van der Waals surface area contributed by atoms with Gasteiger partial charge < -0.3 is 10.3 Å². The van der Waals surface area contributed by atoms with Crippen molar-refractivity contribution in [2.24, 2.45) is 0 Å². The van der Waals surface area contributed by atoms with Gasteiger partial charge in [0.15, 0.2) is 0 Å². The highest BCUT2D eigenvalue weighted by Gasteiger charge is 2.18. The molecule has 0 saturated heterocycles. The molecule has 0 unspecified atom stereocenters. The lowest BCUT2D eigenvalue weighted by atomic mass is 9.84. The summed E-state index contributed by atoms with van der Waals surface area (Å²) in [5.74, 6) is -0.395. The third-order valence-electron chi connectivity index (χ3n) is 3.60. The first kappa shape index (κ1) is 16.0. The standard InChI is InChI=1S/C18H22N2O2/c1-11-8-14(16(21)19-10-11)17(22)20-13-7-6-12(2)15(9-13)18(3,4)5/h6-10H,1-5H3,(H,19,21)(H,20,22). The molecule has 0 bridgehead atoms. The second-order valence-electron chi connectivity index (χ2n) is 6.65. The van der Waals surface area contributed by atoms with Crippen molar-refractivity contribution >= 4 is 11.6 Å². The number of aromatic nitrogens is 1. The zero-order valence-electron chi connectivity index (χ0n) is 13.7. The highest BCUT2D eigenvalue weighted by molar-refractivity contribution is 6.04. The van der Waals surface area contributed by atoms with Gasteiger partial charge in [0.25, 0.3) is 11.5 Å². The topological polar surface area (TPSA) is 62.0 Å². The molecule has 22 heavy (non-hydrogen) atoms. The van der Waals surface area contributed by atoms with E-state index < -0.39 is 5.91 Å². The van der Waals surface area contributed by atoms with Gasteiger partial charge in [0.1, 0.15) is 5.56 Å². The van der Waals surface area contributed by atoms with Crippen molar-refractivity contribution in [3.05, 3.63) is 63.1 Å². The number of benzene rings is 1. The van der Waals surface area contributed by atoms with Crippen molar-refractivity contribution in [3.63, 3.8) is 0 Å². The molecule has 2 aromatic rings. The van der Waals surface area contributed by atoms with Crippen LogP contribution < -0.4 is 10.9 Å². The van der Waals surface area contributed by atoms with Crippen molar-refractivity contribution in [1.82, 2.24) is 4.98 Å². The summed E-state index contributed by atoms with van der Waals surface area (Å²) in [4.78, 5) is 26.6. The minimum atomic E-state index is -0.395. The van der Waals surface area contributed by atoms with Crippen LogP contribution in [-0.2, 0) is 5.41 Å². The molecule has 0 atom stereocenters. The zero-order chi connectivity index (χ0) is 16.5. The third kappa shape index (κ3) is 3.45. The van der Waals surface area contributed by atoms with E-state index >= 15 is 0 Å². The van der Waals surface area contributed by atoms with E-state index in [-0.39, 0.29) is 16.5 Å². The normalized spacial score (nSPS) is 11.3. The van der Waals surface area contributed by atoms with Gasteiger partial charge in [-0.1, -0.05) is 26.8 Å². The summed E-state index contributed by atoms with van der Waals surface area (Å²) in [5, 5.41) is 2.81. The monoisotopic (exact) mass is 298 g/mol. The van der Waals surface area contributed by atoms with Crippen molar-refractivity contribution in [2.75, 3.05) is 5.32 Å².